The van der Waals surface area contributed by atoms with Crippen molar-refractivity contribution in [3.05, 3.63) is 72.6 Å². The molecule has 1 N–H and O–H groups in total. The molecule has 0 unspecified atom stereocenters. The first-order chi connectivity index (χ1) is 13.2. The van der Waals surface area contributed by atoms with E-state index in [0.29, 0.717) is 5.75 Å². The number of thioether (sulfide) groups is 1. The third kappa shape index (κ3) is 4.02. The molecule has 6 heteroatoms. The Labute approximate surface area is 165 Å². The minimum Gasteiger partial charge on any atom is -0.325 e. The van der Waals surface area contributed by atoms with Crippen molar-refractivity contribution in [2.75, 3.05) is 11.1 Å². The number of carbonyl (C=O) groups excluding carboxylic acids is 1. The molecule has 0 saturated carbocycles. The molecule has 0 saturated heterocycles. The van der Waals surface area contributed by atoms with Crippen LogP contribution in [-0.4, -0.2) is 21.6 Å². The van der Waals surface area contributed by atoms with E-state index in [0.717, 1.165) is 36.9 Å². The Bertz CT molecular complexity index is 1090. The molecule has 0 bridgehead atoms. The maximum Gasteiger partial charge on any atom is 0.234 e. The van der Waals surface area contributed by atoms with Gasteiger partial charge >= 0.3 is 0 Å². The van der Waals surface area contributed by atoms with E-state index < -0.39 is 0 Å². The largest absolute Gasteiger partial charge is 0.325 e. The third-order valence-electron chi connectivity index (χ3n) is 4.11. The topological polar surface area (TPSA) is 54.9 Å². The van der Waals surface area contributed by atoms with Crippen molar-refractivity contribution in [2.45, 2.75) is 11.9 Å². The van der Waals surface area contributed by atoms with E-state index >= 15 is 0 Å². The lowest BCUT2D eigenvalue weighted by Crippen LogP contribution is -2.14. The van der Waals surface area contributed by atoms with E-state index in [4.69, 9.17) is 0 Å². The smallest absolute Gasteiger partial charge is 0.234 e. The molecular weight excluding hydrogens is 374 g/mol. The second kappa shape index (κ2) is 7.90. The normalized spacial score (nSPS) is 10.9. The van der Waals surface area contributed by atoms with Crippen LogP contribution in [-0.2, 0) is 4.79 Å². The number of anilines is 1. The molecule has 4 rings (SSSR count). The molecule has 0 radical (unpaired) electrons. The molecule has 4 nitrogen and oxygen atoms in total. The first kappa shape index (κ1) is 17.7. The van der Waals surface area contributed by atoms with Crippen molar-refractivity contribution in [3.8, 4) is 10.4 Å². The van der Waals surface area contributed by atoms with Crippen LogP contribution in [0.15, 0.2) is 72.0 Å². The Hall–Kier alpha value is -2.70. The van der Waals surface area contributed by atoms with Gasteiger partial charge in [-0.2, -0.15) is 0 Å². The number of rotatable bonds is 5. The predicted octanol–water partition coefficient (Wildman–Crippen LogP) is 5.40. The van der Waals surface area contributed by atoms with E-state index in [1.165, 1.54) is 11.8 Å². The Morgan fingerprint density at radius 1 is 1.07 bits per heavy atom. The lowest BCUT2D eigenvalue weighted by Gasteiger charge is -2.07. The average Bonchev–Trinajstić information content (AvgIpc) is 3.14. The van der Waals surface area contributed by atoms with Crippen molar-refractivity contribution < 1.29 is 4.79 Å². The molecule has 1 amide bonds. The molecule has 0 aliphatic rings. The van der Waals surface area contributed by atoms with E-state index in [1.54, 1.807) is 17.7 Å². The van der Waals surface area contributed by atoms with Crippen LogP contribution < -0.4 is 5.32 Å². The summed E-state index contributed by atoms with van der Waals surface area (Å²) >= 11 is 3.07. The van der Waals surface area contributed by atoms with Crippen molar-refractivity contribution in [3.63, 3.8) is 0 Å². The van der Waals surface area contributed by atoms with Gasteiger partial charge < -0.3 is 5.32 Å². The molecule has 2 aromatic heterocycles. The zero-order valence-corrected chi connectivity index (χ0v) is 16.3. The fourth-order valence-corrected chi connectivity index (χ4v) is 4.57. The number of para-hydroxylation sites is 1. The van der Waals surface area contributed by atoms with Crippen LogP contribution >= 0.6 is 23.1 Å². The van der Waals surface area contributed by atoms with Crippen LogP contribution in [0.1, 0.15) is 5.56 Å². The fourth-order valence-electron chi connectivity index (χ4n) is 2.73. The summed E-state index contributed by atoms with van der Waals surface area (Å²) in [5, 5.41) is 4.79. The monoisotopic (exact) mass is 391 g/mol. The summed E-state index contributed by atoms with van der Waals surface area (Å²) in [5.74, 6) is 0.260. The molecule has 2 aromatic carbocycles. The number of fused-ring (bicyclic) bond motifs is 1. The van der Waals surface area contributed by atoms with E-state index in [-0.39, 0.29) is 5.91 Å². The van der Waals surface area contributed by atoms with Crippen molar-refractivity contribution in [2.24, 2.45) is 0 Å². The first-order valence-corrected chi connectivity index (χ1v) is 10.3. The van der Waals surface area contributed by atoms with Gasteiger partial charge in [0.1, 0.15) is 16.2 Å². The minimum absolute atomic E-state index is 0.0421. The van der Waals surface area contributed by atoms with Gasteiger partial charge in [-0.3, -0.25) is 4.79 Å². The summed E-state index contributed by atoms with van der Waals surface area (Å²) in [6, 6.07) is 20.1. The molecule has 0 fully saturated rings. The van der Waals surface area contributed by atoms with Gasteiger partial charge in [-0.25, -0.2) is 9.97 Å². The number of nitrogens with one attached hydrogen (secondary N) is 1. The number of amides is 1. The summed E-state index contributed by atoms with van der Waals surface area (Å²) in [6.07, 6.45) is 1.56. The number of carbonyl (C=O) groups is 1. The van der Waals surface area contributed by atoms with Gasteiger partial charge in [0.25, 0.3) is 0 Å². The summed E-state index contributed by atoms with van der Waals surface area (Å²) in [5.41, 5.74) is 3.05. The van der Waals surface area contributed by atoms with Gasteiger partial charge in [-0.1, -0.05) is 60.3 Å². The Morgan fingerprint density at radius 3 is 2.67 bits per heavy atom. The number of hydrogen-bond acceptors (Lipinski definition) is 5. The number of aryl methyl sites for hydroxylation is 1. The maximum absolute atomic E-state index is 12.3. The zero-order chi connectivity index (χ0) is 18.6. The standard InChI is InChI=1S/C21H17N3OS2/c1-14-7-5-6-10-17(14)24-19(25)12-26-20-16-11-18(15-8-3-2-4-9-15)27-21(16)23-13-22-20/h2-11,13H,12H2,1H3,(H,24,25). The molecule has 27 heavy (non-hydrogen) atoms. The average molecular weight is 392 g/mol. The highest BCUT2D eigenvalue weighted by Gasteiger charge is 2.12. The summed E-state index contributed by atoms with van der Waals surface area (Å²) in [6.45, 7) is 1.98. The van der Waals surface area contributed by atoms with Gasteiger partial charge in [-0.15, -0.1) is 11.3 Å². The molecular formula is C21H17N3OS2. The quantitative estimate of drug-likeness (QED) is 0.366. The van der Waals surface area contributed by atoms with Crippen molar-refractivity contribution in [1.29, 1.82) is 0 Å². The van der Waals surface area contributed by atoms with Crippen molar-refractivity contribution >= 4 is 44.9 Å². The van der Waals surface area contributed by atoms with Crippen LogP contribution in [0.2, 0.25) is 0 Å². The Balaban J connectivity index is 1.51. The van der Waals surface area contributed by atoms with Crippen molar-refractivity contribution in [1.82, 2.24) is 9.97 Å². The van der Waals surface area contributed by atoms with Crippen LogP contribution in [0.25, 0.3) is 20.7 Å². The van der Waals surface area contributed by atoms with Crippen LogP contribution in [0.3, 0.4) is 0 Å². The molecule has 2 heterocycles. The van der Waals surface area contributed by atoms with Gasteiger partial charge in [0, 0.05) is 16.0 Å². The minimum atomic E-state index is -0.0421. The maximum atomic E-state index is 12.3. The van der Waals surface area contributed by atoms with E-state index in [2.05, 4.69) is 33.5 Å². The van der Waals surface area contributed by atoms with Gasteiger partial charge in [0.15, 0.2) is 0 Å². The van der Waals surface area contributed by atoms with Gasteiger partial charge in [0.2, 0.25) is 5.91 Å². The summed E-state index contributed by atoms with van der Waals surface area (Å²) in [4.78, 5) is 23.2. The Morgan fingerprint density at radius 2 is 1.85 bits per heavy atom. The number of thiophene rings is 1. The summed E-state index contributed by atoms with van der Waals surface area (Å²) < 4.78 is 0. The molecule has 134 valence electrons. The van der Waals surface area contributed by atoms with Gasteiger partial charge in [-0.05, 0) is 30.2 Å². The lowest BCUT2D eigenvalue weighted by molar-refractivity contribution is -0.113. The SMILES string of the molecule is Cc1ccccc1NC(=O)CSc1ncnc2sc(-c3ccccc3)cc12. The number of nitrogens with zero attached hydrogens (tertiary/aromatic N) is 2. The lowest BCUT2D eigenvalue weighted by atomic mass is 10.2. The predicted molar refractivity (Wildman–Crippen MR) is 113 cm³/mol. The summed E-state index contributed by atoms with van der Waals surface area (Å²) in [7, 11) is 0. The molecule has 0 atom stereocenters. The highest BCUT2D eigenvalue weighted by atomic mass is 32.2. The number of hydrogen-bond donors (Lipinski definition) is 1. The highest BCUT2D eigenvalue weighted by Crippen LogP contribution is 2.36. The Kier molecular flexibility index (Phi) is 5.18. The first-order valence-electron chi connectivity index (χ1n) is 8.49. The highest BCUT2D eigenvalue weighted by molar-refractivity contribution is 8.00. The molecule has 0 spiro atoms. The van der Waals surface area contributed by atoms with Gasteiger partial charge in [0.05, 0.1) is 5.75 Å². The fraction of sp³-hybridized carbons (Fsp3) is 0.0952. The molecule has 4 aromatic rings. The zero-order valence-electron chi connectivity index (χ0n) is 14.7. The van der Waals surface area contributed by atoms with Crippen LogP contribution in [0.4, 0.5) is 5.69 Å². The molecule has 0 aliphatic heterocycles. The van der Waals surface area contributed by atoms with E-state index in [9.17, 15) is 4.79 Å². The second-order valence-corrected chi connectivity index (χ2v) is 8.02. The molecule has 0 aliphatic carbocycles. The van der Waals surface area contributed by atoms with E-state index in [1.807, 2.05) is 49.4 Å². The number of benzene rings is 2. The van der Waals surface area contributed by atoms with Crippen LogP contribution in [0.5, 0.6) is 0 Å². The van der Waals surface area contributed by atoms with Crippen LogP contribution in [0, 0.1) is 6.92 Å². The number of aromatic nitrogens is 2. The third-order valence-corrected chi connectivity index (χ3v) is 6.21. The second-order valence-electron chi connectivity index (χ2n) is 6.03.